The van der Waals surface area contributed by atoms with Crippen molar-refractivity contribution in [1.82, 2.24) is 0 Å². The summed E-state index contributed by atoms with van der Waals surface area (Å²) in [5.41, 5.74) is 1.71. The Morgan fingerprint density at radius 3 is 2.20 bits per heavy atom. The van der Waals surface area contributed by atoms with Gasteiger partial charge >= 0.3 is 0 Å². The molecule has 0 aliphatic carbocycles. The van der Waals surface area contributed by atoms with Gasteiger partial charge < -0.3 is 0 Å². The fourth-order valence-electron chi connectivity index (χ4n) is 4.08. The number of nitrogens with zero attached hydrogens (tertiary/aromatic N) is 2. The van der Waals surface area contributed by atoms with Crippen LogP contribution >= 0.6 is 11.6 Å². The van der Waals surface area contributed by atoms with Gasteiger partial charge in [0.1, 0.15) is 11.7 Å². The number of para-hydroxylation sites is 2. The lowest BCUT2D eigenvalue weighted by atomic mass is 9.90. The third kappa shape index (κ3) is 2.88. The van der Waals surface area contributed by atoms with Crippen LogP contribution in [0.5, 0.6) is 0 Å². The molecule has 5 nitrogen and oxygen atoms in total. The van der Waals surface area contributed by atoms with Crippen LogP contribution in [0, 0.1) is 11.7 Å². The fourth-order valence-corrected chi connectivity index (χ4v) is 4.30. The van der Waals surface area contributed by atoms with Gasteiger partial charge in [0.25, 0.3) is 5.91 Å². The Bertz CT molecular complexity index is 1120. The number of imide groups is 1. The lowest BCUT2D eigenvalue weighted by molar-refractivity contribution is -0.126. The summed E-state index contributed by atoms with van der Waals surface area (Å²) in [6.07, 6.45) is -0.996. The number of anilines is 2. The molecule has 3 aromatic rings. The molecule has 150 valence electrons. The van der Waals surface area contributed by atoms with Crippen LogP contribution in [0.2, 0.25) is 5.02 Å². The molecule has 2 saturated heterocycles. The molecule has 7 heteroatoms. The Morgan fingerprint density at radius 1 is 0.833 bits per heavy atom. The van der Waals surface area contributed by atoms with E-state index in [1.54, 1.807) is 41.5 Å². The number of hydrogen-bond acceptors (Lipinski definition) is 4. The summed E-state index contributed by atoms with van der Waals surface area (Å²) in [5.74, 6) is -2.04. The first-order chi connectivity index (χ1) is 14.6. The molecule has 0 aromatic heterocycles. The zero-order chi connectivity index (χ0) is 20.8. The number of carbonyl (C=O) groups is 2. The van der Waals surface area contributed by atoms with E-state index in [0.29, 0.717) is 22.0 Å². The highest BCUT2D eigenvalue weighted by Crippen LogP contribution is 2.48. The van der Waals surface area contributed by atoms with Crippen molar-refractivity contribution in [2.24, 2.45) is 5.92 Å². The van der Waals surface area contributed by atoms with Gasteiger partial charge in [0, 0.05) is 0 Å². The minimum Gasteiger partial charge on any atom is -0.273 e. The summed E-state index contributed by atoms with van der Waals surface area (Å²) in [5, 5.41) is 1.87. The van der Waals surface area contributed by atoms with Crippen LogP contribution in [0.3, 0.4) is 0 Å². The van der Waals surface area contributed by atoms with E-state index in [1.807, 2.05) is 30.3 Å². The summed E-state index contributed by atoms with van der Waals surface area (Å²) in [4.78, 5) is 33.8. The SMILES string of the molecule is O=C1C2ON(c3ccccc3)C(c3ccc(F)cc3)C2C(=O)N1c1ccccc1Cl. The Kier molecular flexibility index (Phi) is 4.53. The van der Waals surface area contributed by atoms with Crippen LogP contribution in [0.25, 0.3) is 0 Å². The van der Waals surface area contributed by atoms with Gasteiger partial charge in [-0.25, -0.2) is 14.4 Å². The summed E-state index contributed by atoms with van der Waals surface area (Å²) in [6, 6.07) is 21.2. The van der Waals surface area contributed by atoms with Gasteiger partial charge in [-0.3, -0.25) is 14.4 Å². The van der Waals surface area contributed by atoms with Gasteiger partial charge in [-0.15, -0.1) is 0 Å². The minimum absolute atomic E-state index is 0.303. The average Bonchev–Trinajstić information content (AvgIpc) is 3.26. The number of halogens is 2. The van der Waals surface area contributed by atoms with Crippen LogP contribution in [-0.4, -0.2) is 17.9 Å². The molecule has 30 heavy (non-hydrogen) atoms. The van der Waals surface area contributed by atoms with Crippen molar-refractivity contribution in [3.63, 3.8) is 0 Å². The number of carbonyl (C=O) groups excluding carboxylic acids is 2. The Hall–Kier alpha value is -3.22. The molecule has 0 N–H and O–H groups in total. The van der Waals surface area contributed by atoms with Crippen LogP contribution in [0.1, 0.15) is 11.6 Å². The molecular formula is C23H16ClFN2O3. The van der Waals surface area contributed by atoms with E-state index < -0.39 is 29.9 Å². The van der Waals surface area contributed by atoms with Crippen LogP contribution in [-0.2, 0) is 14.4 Å². The van der Waals surface area contributed by atoms with Crippen molar-refractivity contribution in [3.8, 4) is 0 Å². The maximum atomic E-state index is 13.5. The molecule has 2 amide bonds. The van der Waals surface area contributed by atoms with Crippen LogP contribution in [0.15, 0.2) is 78.9 Å². The number of rotatable bonds is 3. The maximum Gasteiger partial charge on any atom is 0.266 e. The number of amides is 2. The molecule has 0 bridgehead atoms. The minimum atomic E-state index is -0.996. The zero-order valence-electron chi connectivity index (χ0n) is 15.6. The van der Waals surface area contributed by atoms with Crippen LogP contribution in [0.4, 0.5) is 15.8 Å². The summed E-state index contributed by atoms with van der Waals surface area (Å²) in [6.45, 7) is 0. The largest absolute Gasteiger partial charge is 0.273 e. The second-order valence-corrected chi connectivity index (χ2v) is 7.58. The molecule has 3 unspecified atom stereocenters. The third-order valence-electron chi connectivity index (χ3n) is 5.43. The van der Waals surface area contributed by atoms with Gasteiger partial charge in [-0.2, -0.15) is 0 Å². The first kappa shape index (κ1) is 18.8. The number of fused-ring (bicyclic) bond motifs is 1. The molecule has 5 rings (SSSR count). The molecular weight excluding hydrogens is 407 g/mol. The first-order valence-corrected chi connectivity index (χ1v) is 9.83. The predicted octanol–water partition coefficient (Wildman–Crippen LogP) is 4.53. The standard InChI is InChI=1S/C23H16ClFN2O3/c24-17-8-4-5-9-18(17)26-22(28)19-20(14-10-12-15(25)13-11-14)27(30-21(19)23(26)29)16-6-2-1-3-7-16/h1-13,19-21H. The number of benzene rings is 3. The lowest BCUT2D eigenvalue weighted by Crippen LogP contribution is -2.37. The maximum absolute atomic E-state index is 13.5. The highest BCUT2D eigenvalue weighted by molar-refractivity contribution is 6.36. The fraction of sp³-hybridized carbons (Fsp3) is 0.130. The molecule has 2 aliphatic heterocycles. The topological polar surface area (TPSA) is 49.9 Å². The number of hydrogen-bond donors (Lipinski definition) is 0. The monoisotopic (exact) mass is 422 g/mol. The van der Waals surface area contributed by atoms with Gasteiger partial charge in [-0.05, 0) is 42.0 Å². The molecule has 0 saturated carbocycles. The second-order valence-electron chi connectivity index (χ2n) is 7.17. The van der Waals surface area contributed by atoms with Crippen molar-refractivity contribution in [2.45, 2.75) is 12.1 Å². The molecule has 3 aromatic carbocycles. The second kappa shape index (κ2) is 7.23. The first-order valence-electron chi connectivity index (χ1n) is 9.45. The average molecular weight is 423 g/mol. The van der Waals surface area contributed by atoms with Gasteiger partial charge in [0.15, 0.2) is 6.10 Å². The lowest BCUT2D eigenvalue weighted by Gasteiger charge is -2.28. The van der Waals surface area contributed by atoms with Crippen molar-refractivity contribution in [1.29, 1.82) is 0 Å². The highest BCUT2D eigenvalue weighted by Gasteiger charge is 2.60. The van der Waals surface area contributed by atoms with Gasteiger partial charge in [0.05, 0.1) is 22.4 Å². The molecule has 2 heterocycles. The predicted molar refractivity (Wildman–Crippen MR) is 110 cm³/mol. The van der Waals surface area contributed by atoms with Crippen molar-refractivity contribution >= 4 is 34.8 Å². The van der Waals surface area contributed by atoms with Crippen molar-refractivity contribution < 1.29 is 18.8 Å². The quantitative estimate of drug-likeness (QED) is 0.582. The molecule has 3 atom stereocenters. The Balaban J connectivity index is 1.60. The van der Waals surface area contributed by atoms with E-state index in [4.69, 9.17) is 16.4 Å². The molecule has 0 spiro atoms. The van der Waals surface area contributed by atoms with Crippen molar-refractivity contribution in [2.75, 3.05) is 9.96 Å². The summed E-state index contributed by atoms with van der Waals surface area (Å²) < 4.78 is 13.5. The van der Waals surface area contributed by atoms with E-state index >= 15 is 0 Å². The van der Waals surface area contributed by atoms with Crippen LogP contribution < -0.4 is 9.96 Å². The molecule has 2 aliphatic rings. The smallest absolute Gasteiger partial charge is 0.266 e. The Labute approximate surface area is 177 Å². The van der Waals surface area contributed by atoms with E-state index in [9.17, 15) is 14.0 Å². The number of hydroxylamine groups is 1. The third-order valence-corrected chi connectivity index (χ3v) is 5.75. The Morgan fingerprint density at radius 2 is 1.50 bits per heavy atom. The van der Waals surface area contributed by atoms with E-state index in [0.717, 1.165) is 4.90 Å². The normalized spacial score (nSPS) is 23.2. The highest BCUT2D eigenvalue weighted by atomic mass is 35.5. The summed E-state index contributed by atoms with van der Waals surface area (Å²) in [7, 11) is 0. The molecule has 2 fully saturated rings. The van der Waals surface area contributed by atoms with E-state index in [-0.39, 0.29) is 5.82 Å². The van der Waals surface area contributed by atoms with Crippen molar-refractivity contribution in [3.05, 3.63) is 95.3 Å². The van der Waals surface area contributed by atoms with Gasteiger partial charge in [-0.1, -0.05) is 54.1 Å². The molecule has 0 radical (unpaired) electrons. The van der Waals surface area contributed by atoms with E-state index in [1.165, 1.54) is 12.1 Å². The summed E-state index contributed by atoms with van der Waals surface area (Å²) >= 11 is 6.25. The van der Waals surface area contributed by atoms with Gasteiger partial charge in [0.2, 0.25) is 5.91 Å². The zero-order valence-corrected chi connectivity index (χ0v) is 16.4. The van der Waals surface area contributed by atoms with E-state index in [2.05, 4.69) is 0 Å².